The van der Waals surface area contributed by atoms with E-state index in [1.54, 1.807) is 42.5 Å². The second-order valence-corrected chi connectivity index (χ2v) is 4.19. The summed E-state index contributed by atoms with van der Waals surface area (Å²) in [6.45, 7) is -0.244. The molecule has 108 valence electrons. The summed E-state index contributed by atoms with van der Waals surface area (Å²) in [6.07, 6.45) is 1.53. The van der Waals surface area contributed by atoms with E-state index in [2.05, 4.69) is 15.5 Å². The zero-order chi connectivity index (χ0) is 15.1. The maximum Gasteiger partial charge on any atom is 0.323 e. The summed E-state index contributed by atoms with van der Waals surface area (Å²) < 4.78 is 0. The van der Waals surface area contributed by atoms with Crippen LogP contribution in [0, 0.1) is 0 Å². The average molecular weight is 286 g/mol. The molecular formula is C14H14N4O3. The molecule has 0 fully saturated rings. The molecular weight excluding hydrogens is 272 g/mol. The van der Waals surface area contributed by atoms with Gasteiger partial charge in [0.2, 0.25) is 0 Å². The van der Waals surface area contributed by atoms with Gasteiger partial charge in [-0.1, -0.05) is 18.2 Å². The third-order valence-corrected chi connectivity index (χ3v) is 2.65. The maximum atomic E-state index is 12.2. The lowest BCUT2D eigenvalue weighted by Gasteiger charge is -2.21. The van der Waals surface area contributed by atoms with E-state index >= 15 is 0 Å². The fourth-order valence-electron chi connectivity index (χ4n) is 1.71. The first-order chi connectivity index (χ1) is 10.2. The van der Waals surface area contributed by atoms with Crippen molar-refractivity contribution in [3.05, 3.63) is 54.4 Å². The zero-order valence-electron chi connectivity index (χ0n) is 11.1. The number of hydrogen-bond acceptors (Lipinski definition) is 4. The number of carboxylic acids is 1. The first kappa shape index (κ1) is 14.4. The first-order valence-electron chi connectivity index (χ1n) is 6.25. The van der Waals surface area contributed by atoms with Crippen LogP contribution in [-0.2, 0) is 11.3 Å². The Morgan fingerprint density at radius 1 is 1.14 bits per heavy atom. The highest BCUT2D eigenvalue weighted by Crippen LogP contribution is 2.13. The lowest BCUT2D eigenvalue weighted by atomic mass is 10.3. The van der Waals surface area contributed by atoms with Crippen LogP contribution in [-0.4, -0.2) is 33.8 Å². The Hall–Kier alpha value is -2.96. The van der Waals surface area contributed by atoms with Crippen molar-refractivity contribution < 1.29 is 14.7 Å². The number of para-hydroxylation sites is 1. The van der Waals surface area contributed by atoms with Gasteiger partial charge < -0.3 is 10.4 Å². The number of carbonyl (C=O) groups is 2. The number of nitrogens with zero attached hydrogens (tertiary/aromatic N) is 3. The molecule has 2 amide bonds. The monoisotopic (exact) mass is 286 g/mol. The number of aliphatic carboxylic acids is 1. The van der Waals surface area contributed by atoms with Crippen molar-refractivity contribution >= 4 is 17.7 Å². The van der Waals surface area contributed by atoms with Gasteiger partial charge in [0.15, 0.2) is 0 Å². The van der Waals surface area contributed by atoms with Gasteiger partial charge in [-0.2, -0.15) is 10.2 Å². The fraction of sp³-hybridized carbons (Fsp3) is 0.143. The topological polar surface area (TPSA) is 95.4 Å². The number of carboxylic acid groups (broad SMARTS) is 1. The minimum atomic E-state index is -1.09. The molecule has 7 heteroatoms. The van der Waals surface area contributed by atoms with Gasteiger partial charge in [-0.15, -0.1) is 0 Å². The molecule has 2 rings (SSSR count). The molecule has 1 aromatic heterocycles. The molecule has 0 spiro atoms. The summed E-state index contributed by atoms with van der Waals surface area (Å²) in [5.41, 5.74) is 1.10. The predicted molar refractivity (Wildman–Crippen MR) is 75.7 cm³/mol. The van der Waals surface area contributed by atoms with Crippen molar-refractivity contribution in [1.82, 2.24) is 15.5 Å². The first-order valence-corrected chi connectivity index (χ1v) is 6.25. The van der Waals surface area contributed by atoms with Gasteiger partial charge in [0.05, 0.1) is 12.2 Å². The number of urea groups is 1. The SMILES string of the molecule is O=C(O)CN(C(=O)NCc1cccnn1)c1ccccc1. The van der Waals surface area contributed by atoms with E-state index in [4.69, 9.17) is 5.11 Å². The highest BCUT2D eigenvalue weighted by molar-refractivity contribution is 5.96. The van der Waals surface area contributed by atoms with Crippen LogP contribution in [0.4, 0.5) is 10.5 Å². The molecule has 0 atom stereocenters. The van der Waals surface area contributed by atoms with E-state index in [1.165, 1.54) is 6.20 Å². The molecule has 0 radical (unpaired) electrons. The van der Waals surface area contributed by atoms with Gasteiger partial charge in [-0.25, -0.2) is 4.79 Å². The Balaban J connectivity index is 2.06. The van der Waals surface area contributed by atoms with Crippen molar-refractivity contribution in [1.29, 1.82) is 0 Å². The van der Waals surface area contributed by atoms with E-state index in [0.717, 1.165) is 4.90 Å². The summed E-state index contributed by atoms with van der Waals surface area (Å²) in [6, 6.07) is 11.5. The minimum absolute atomic E-state index is 0.176. The van der Waals surface area contributed by atoms with E-state index in [1.807, 2.05) is 0 Å². The van der Waals surface area contributed by atoms with Gasteiger partial charge in [0, 0.05) is 11.9 Å². The summed E-state index contributed by atoms with van der Waals surface area (Å²) in [7, 11) is 0. The van der Waals surface area contributed by atoms with Crippen LogP contribution >= 0.6 is 0 Å². The lowest BCUT2D eigenvalue weighted by molar-refractivity contribution is -0.135. The molecule has 0 saturated carbocycles. The van der Waals surface area contributed by atoms with Crippen LogP contribution in [0.2, 0.25) is 0 Å². The molecule has 21 heavy (non-hydrogen) atoms. The van der Waals surface area contributed by atoms with E-state index in [9.17, 15) is 9.59 Å². The number of benzene rings is 1. The minimum Gasteiger partial charge on any atom is -0.480 e. The van der Waals surface area contributed by atoms with Crippen molar-refractivity contribution in [3.63, 3.8) is 0 Å². The molecule has 0 aliphatic rings. The molecule has 0 bridgehead atoms. The highest BCUT2D eigenvalue weighted by atomic mass is 16.4. The third-order valence-electron chi connectivity index (χ3n) is 2.65. The quantitative estimate of drug-likeness (QED) is 0.863. The standard InChI is InChI=1S/C14H14N4O3/c19-13(20)10-18(12-6-2-1-3-7-12)14(21)15-9-11-5-4-8-16-17-11/h1-8H,9-10H2,(H,15,21)(H,19,20). The summed E-state index contributed by atoms with van der Waals surface area (Å²) in [4.78, 5) is 24.2. The number of anilines is 1. The Kier molecular flexibility index (Phi) is 4.81. The number of carbonyl (C=O) groups excluding carboxylic acids is 1. The largest absolute Gasteiger partial charge is 0.480 e. The van der Waals surface area contributed by atoms with Crippen LogP contribution in [0.15, 0.2) is 48.7 Å². The van der Waals surface area contributed by atoms with Gasteiger partial charge in [-0.3, -0.25) is 9.69 Å². The molecule has 2 aromatic rings. The Labute approximate surface area is 121 Å². The zero-order valence-corrected chi connectivity index (χ0v) is 11.1. The molecule has 0 unspecified atom stereocenters. The number of hydrogen-bond donors (Lipinski definition) is 2. The lowest BCUT2D eigenvalue weighted by Crippen LogP contribution is -2.42. The molecule has 2 N–H and O–H groups in total. The van der Waals surface area contributed by atoms with E-state index < -0.39 is 18.5 Å². The van der Waals surface area contributed by atoms with Crippen LogP contribution in [0.25, 0.3) is 0 Å². The summed E-state index contributed by atoms with van der Waals surface area (Å²) >= 11 is 0. The van der Waals surface area contributed by atoms with Crippen LogP contribution < -0.4 is 10.2 Å². The fourth-order valence-corrected chi connectivity index (χ4v) is 1.71. The summed E-state index contributed by atoms with van der Waals surface area (Å²) in [5.74, 6) is -1.09. The van der Waals surface area contributed by atoms with Crippen molar-refractivity contribution in [2.75, 3.05) is 11.4 Å². The molecule has 7 nitrogen and oxygen atoms in total. The summed E-state index contributed by atoms with van der Waals surface area (Å²) in [5, 5.41) is 19.1. The van der Waals surface area contributed by atoms with Crippen LogP contribution in [0.5, 0.6) is 0 Å². The van der Waals surface area contributed by atoms with Crippen molar-refractivity contribution in [2.45, 2.75) is 6.54 Å². The second kappa shape index (κ2) is 6.99. The Bertz CT molecular complexity index is 604. The maximum absolute atomic E-state index is 12.2. The predicted octanol–water partition coefficient (Wildman–Crippen LogP) is 1.28. The number of aromatic nitrogens is 2. The van der Waals surface area contributed by atoms with Gasteiger partial charge >= 0.3 is 12.0 Å². The molecule has 0 saturated heterocycles. The highest BCUT2D eigenvalue weighted by Gasteiger charge is 2.18. The average Bonchev–Trinajstić information content (AvgIpc) is 2.52. The molecule has 1 aromatic carbocycles. The van der Waals surface area contributed by atoms with Gasteiger partial charge in [-0.05, 0) is 24.3 Å². The number of amides is 2. The smallest absolute Gasteiger partial charge is 0.323 e. The van der Waals surface area contributed by atoms with Crippen molar-refractivity contribution in [3.8, 4) is 0 Å². The Morgan fingerprint density at radius 2 is 1.90 bits per heavy atom. The van der Waals surface area contributed by atoms with Crippen LogP contribution in [0.1, 0.15) is 5.69 Å². The number of rotatable bonds is 5. The molecule has 1 heterocycles. The van der Waals surface area contributed by atoms with E-state index in [0.29, 0.717) is 11.4 Å². The molecule has 0 aliphatic heterocycles. The third kappa shape index (κ3) is 4.27. The van der Waals surface area contributed by atoms with Crippen molar-refractivity contribution in [2.24, 2.45) is 0 Å². The van der Waals surface area contributed by atoms with Crippen LogP contribution in [0.3, 0.4) is 0 Å². The normalized spacial score (nSPS) is 9.90. The van der Waals surface area contributed by atoms with E-state index in [-0.39, 0.29) is 6.54 Å². The second-order valence-electron chi connectivity index (χ2n) is 4.19. The number of nitrogens with one attached hydrogen (secondary N) is 1. The molecule has 0 aliphatic carbocycles. The van der Waals surface area contributed by atoms with Gasteiger partial charge in [0.25, 0.3) is 0 Å². The Morgan fingerprint density at radius 3 is 2.52 bits per heavy atom. The van der Waals surface area contributed by atoms with Gasteiger partial charge in [0.1, 0.15) is 6.54 Å².